The number of hydrogen-bond donors (Lipinski definition) is 0. The van der Waals surface area contributed by atoms with Crippen LogP contribution in [0.15, 0.2) is 59.0 Å². The van der Waals surface area contributed by atoms with Crippen molar-refractivity contribution in [1.82, 2.24) is 15.0 Å². The predicted octanol–water partition coefficient (Wildman–Crippen LogP) is 3.38. The molecule has 0 saturated heterocycles. The molecule has 0 bridgehead atoms. The molecule has 0 aliphatic rings. The molecule has 0 aliphatic carbocycles. The van der Waals surface area contributed by atoms with E-state index in [0.717, 1.165) is 21.0 Å². The van der Waals surface area contributed by atoms with E-state index in [9.17, 15) is 4.79 Å². The van der Waals surface area contributed by atoms with Gasteiger partial charge < -0.3 is 0 Å². The van der Waals surface area contributed by atoms with Crippen LogP contribution < -0.4 is 0 Å². The van der Waals surface area contributed by atoms with E-state index >= 15 is 0 Å². The lowest BCUT2D eigenvalue weighted by atomic mass is 10.2. The first kappa shape index (κ1) is 12.7. The molecule has 0 atom stereocenters. The third-order valence-corrected chi connectivity index (χ3v) is 3.82. The summed E-state index contributed by atoms with van der Waals surface area (Å²) in [6, 6.07) is 11.5. The average Bonchev–Trinajstić information content (AvgIpc) is 2.48. The van der Waals surface area contributed by atoms with Gasteiger partial charge >= 0.3 is 0 Å². The van der Waals surface area contributed by atoms with Crippen LogP contribution in [0.3, 0.4) is 0 Å². The zero-order chi connectivity index (χ0) is 13.9. The molecule has 0 saturated carbocycles. The highest BCUT2D eigenvalue weighted by Crippen LogP contribution is 2.29. The molecule has 1 aromatic carbocycles. The second kappa shape index (κ2) is 5.38. The van der Waals surface area contributed by atoms with Crippen molar-refractivity contribution in [3.63, 3.8) is 0 Å². The van der Waals surface area contributed by atoms with Crippen LogP contribution in [0.5, 0.6) is 0 Å². The van der Waals surface area contributed by atoms with Crippen molar-refractivity contribution < 1.29 is 4.79 Å². The number of Topliss-reactive ketones (excluding diaryl/α,β-unsaturated/α-hetero) is 1. The van der Waals surface area contributed by atoms with Gasteiger partial charge in [-0.25, -0.2) is 15.0 Å². The smallest absolute Gasteiger partial charge is 0.161 e. The number of rotatable bonds is 3. The number of carbonyl (C=O) groups is 1. The first-order valence-electron chi connectivity index (χ1n) is 6.08. The van der Waals surface area contributed by atoms with E-state index in [1.807, 2.05) is 30.3 Å². The van der Waals surface area contributed by atoms with E-state index in [4.69, 9.17) is 0 Å². The number of nitrogens with zero attached hydrogens (tertiary/aromatic N) is 3. The van der Waals surface area contributed by atoms with Crippen molar-refractivity contribution in [3.05, 3.63) is 54.5 Å². The minimum absolute atomic E-state index is 0.0153. The zero-order valence-corrected chi connectivity index (χ0v) is 11.6. The molecular formula is C15H11N3OS. The van der Waals surface area contributed by atoms with Crippen LogP contribution in [-0.4, -0.2) is 20.7 Å². The van der Waals surface area contributed by atoms with Gasteiger partial charge in [-0.05, 0) is 36.9 Å². The number of fused-ring (bicyclic) bond motifs is 1. The summed E-state index contributed by atoms with van der Waals surface area (Å²) in [7, 11) is 0. The van der Waals surface area contributed by atoms with Gasteiger partial charge in [0.05, 0.1) is 5.52 Å². The van der Waals surface area contributed by atoms with Crippen LogP contribution in [0, 0.1) is 0 Å². The minimum Gasteiger partial charge on any atom is -0.294 e. The quantitative estimate of drug-likeness (QED) is 0.544. The second-order valence-electron chi connectivity index (χ2n) is 4.24. The van der Waals surface area contributed by atoms with E-state index in [-0.39, 0.29) is 5.78 Å². The molecule has 0 aliphatic heterocycles. The molecule has 0 N–H and O–H groups in total. The highest BCUT2D eigenvalue weighted by Gasteiger charge is 2.07. The molecule has 0 amide bonds. The summed E-state index contributed by atoms with van der Waals surface area (Å²) in [4.78, 5) is 24.0. The molecule has 2 aromatic heterocycles. The SMILES string of the molecule is CC(=O)c1ccc(Sc2ncnc3ccccc23)nc1. The normalized spacial score (nSPS) is 10.7. The molecule has 0 fully saturated rings. The van der Waals surface area contributed by atoms with Crippen molar-refractivity contribution in [2.45, 2.75) is 17.0 Å². The first-order valence-corrected chi connectivity index (χ1v) is 6.90. The Morgan fingerprint density at radius 1 is 1.05 bits per heavy atom. The molecule has 4 nitrogen and oxygen atoms in total. The van der Waals surface area contributed by atoms with E-state index in [2.05, 4.69) is 15.0 Å². The summed E-state index contributed by atoms with van der Waals surface area (Å²) < 4.78 is 0. The van der Waals surface area contributed by atoms with Gasteiger partial charge in [-0.3, -0.25) is 4.79 Å². The Morgan fingerprint density at radius 2 is 1.90 bits per heavy atom. The summed E-state index contributed by atoms with van der Waals surface area (Å²) in [5.41, 5.74) is 1.52. The zero-order valence-electron chi connectivity index (χ0n) is 10.8. The number of aromatic nitrogens is 3. The molecule has 20 heavy (non-hydrogen) atoms. The van der Waals surface area contributed by atoms with E-state index in [1.165, 1.54) is 18.7 Å². The number of pyridine rings is 1. The average molecular weight is 281 g/mol. The van der Waals surface area contributed by atoms with Gasteiger partial charge in [0, 0.05) is 17.1 Å². The van der Waals surface area contributed by atoms with Crippen molar-refractivity contribution in [2.75, 3.05) is 0 Å². The summed E-state index contributed by atoms with van der Waals surface area (Å²) in [5, 5.41) is 2.66. The van der Waals surface area contributed by atoms with Crippen LogP contribution >= 0.6 is 11.8 Å². The van der Waals surface area contributed by atoms with Gasteiger partial charge in [0.15, 0.2) is 5.78 Å². The molecule has 3 rings (SSSR count). The maximum atomic E-state index is 11.2. The van der Waals surface area contributed by atoms with Gasteiger partial charge in [-0.2, -0.15) is 0 Å². The molecule has 0 spiro atoms. The summed E-state index contributed by atoms with van der Waals surface area (Å²) in [6.45, 7) is 1.53. The number of ketones is 1. The van der Waals surface area contributed by atoms with Crippen LogP contribution in [0.2, 0.25) is 0 Å². The summed E-state index contributed by atoms with van der Waals surface area (Å²) in [5.74, 6) is 0.0153. The standard InChI is InChI=1S/C15H11N3OS/c1-10(19)11-6-7-14(16-8-11)20-15-12-4-2-3-5-13(12)17-9-18-15/h2-9H,1H3. The Balaban J connectivity index is 1.95. The van der Waals surface area contributed by atoms with Crippen LogP contribution in [0.1, 0.15) is 17.3 Å². The van der Waals surface area contributed by atoms with E-state index in [0.29, 0.717) is 5.56 Å². The van der Waals surface area contributed by atoms with Crippen LogP contribution in [0.4, 0.5) is 0 Å². The van der Waals surface area contributed by atoms with Crippen LogP contribution in [0.25, 0.3) is 10.9 Å². The van der Waals surface area contributed by atoms with Gasteiger partial charge in [0.2, 0.25) is 0 Å². The molecule has 5 heteroatoms. The number of benzene rings is 1. The molecular weight excluding hydrogens is 270 g/mol. The Kier molecular flexibility index (Phi) is 3.43. The van der Waals surface area contributed by atoms with Gasteiger partial charge in [-0.1, -0.05) is 18.2 Å². The largest absolute Gasteiger partial charge is 0.294 e. The Morgan fingerprint density at radius 3 is 2.65 bits per heavy atom. The monoisotopic (exact) mass is 281 g/mol. The van der Waals surface area contributed by atoms with Crippen molar-refractivity contribution in [1.29, 1.82) is 0 Å². The molecule has 0 unspecified atom stereocenters. The maximum absolute atomic E-state index is 11.2. The van der Waals surface area contributed by atoms with E-state index < -0.39 is 0 Å². The maximum Gasteiger partial charge on any atom is 0.161 e. The van der Waals surface area contributed by atoms with Crippen molar-refractivity contribution in [2.24, 2.45) is 0 Å². The molecule has 3 aromatic rings. The van der Waals surface area contributed by atoms with Crippen molar-refractivity contribution >= 4 is 28.4 Å². The minimum atomic E-state index is 0.0153. The fourth-order valence-electron chi connectivity index (χ4n) is 1.81. The predicted molar refractivity (Wildman–Crippen MR) is 77.9 cm³/mol. The number of hydrogen-bond acceptors (Lipinski definition) is 5. The number of carbonyl (C=O) groups excluding carboxylic acids is 1. The highest BCUT2D eigenvalue weighted by molar-refractivity contribution is 7.99. The molecule has 98 valence electrons. The van der Waals surface area contributed by atoms with Crippen LogP contribution in [-0.2, 0) is 0 Å². The third-order valence-electron chi connectivity index (χ3n) is 2.85. The Hall–Kier alpha value is -2.27. The van der Waals surface area contributed by atoms with Gasteiger partial charge in [0.25, 0.3) is 0 Å². The fourth-order valence-corrected chi connectivity index (χ4v) is 2.63. The number of para-hydroxylation sites is 1. The lowest BCUT2D eigenvalue weighted by molar-refractivity contribution is 0.101. The Labute approximate surface area is 120 Å². The molecule has 2 heterocycles. The van der Waals surface area contributed by atoms with E-state index in [1.54, 1.807) is 18.6 Å². The highest BCUT2D eigenvalue weighted by atomic mass is 32.2. The Bertz CT molecular complexity index is 766. The van der Waals surface area contributed by atoms with Gasteiger partial charge in [0.1, 0.15) is 16.4 Å². The lowest BCUT2D eigenvalue weighted by Crippen LogP contribution is -1.93. The fraction of sp³-hybridized carbons (Fsp3) is 0.0667. The van der Waals surface area contributed by atoms with Gasteiger partial charge in [-0.15, -0.1) is 0 Å². The first-order chi connectivity index (χ1) is 9.74. The third kappa shape index (κ3) is 2.53. The summed E-state index contributed by atoms with van der Waals surface area (Å²) in [6.07, 6.45) is 3.14. The lowest BCUT2D eigenvalue weighted by Gasteiger charge is -2.04. The van der Waals surface area contributed by atoms with Crippen molar-refractivity contribution in [3.8, 4) is 0 Å². The summed E-state index contributed by atoms with van der Waals surface area (Å²) >= 11 is 1.46. The topological polar surface area (TPSA) is 55.7 Å². The second-order valence-corrected chi connectivity index (χ2v) is 5.25. The molecule has 0 radical (unpaired) electrons.